The van der Waals surface area contributed by atoms with Crippen molar-refractivity contribution in [2.24, 2.45) is 0 Å². The molecule has 4 aromatic carbocycles. The van der Waals surface area contributed by atoms with Crippen LogP contribution in [0.1, 0.15) is 0 Å². The Morgan fingerprint density at radius 1 is 0.439 bits per heavy atom. The van der Waals surface area contributed by atoms with E-state index in [2.05, 4.69) is 141 Å². The Kier molecular flexibility index (Phi) is 4.55. The fourth-order valence-electron chi connectivity index (χ4n) is 6.34. The van der Waals surface area contributed by atoms with Gasteiger partial charge in [0.1, 0.15) is 11.5 Å². The molecule has 9 rings (SSSR count). The molecule has 0 saturated carbocycles. The normalized spacial score (nSPS) is 11.9. The molecule has 5 heteroatoms. The molecule has 0 aliphatic rings. The summed E-state index contributed by atoms with van der Waals surface area (Å²) < 4.78 is 6.91. The molecule has 5 aromatic heterocycles. The maximum atomic E-state index is 5.46. The number of rotatable bonds is 3. The second kappa shape index (κ2) is 8.41. The molecule has 0 aliphatic heterocycles. The van der Waals surface area contributed by atoms with E-state index in [1.807, 2.05) is 12.3 Å². The molecule has 0 amide bonds. The molecule has 0 atom stereocenters. The molecule has 5 heterocycles. The molecule has 0 unspecified atom stereocenters. The predicted molar refractivity (Wildman–Crippen MR) is 168 cm³/mol. The quantitative estimate of drug-likeness (QED) is 0.232. The molecular weight excluding hydrogens is 502 g/mol. The zero-order chi connectivity index (χ0) is 26.9. The minimum absolute atomic E-state index is 0.891. The van der Waals surface area contributed by atoms with Gasteiger partial charge in [-0.3, -0.25) is 14.1 Å². The summed E-state index contributed by atoms with van der Waals surface area (Å²) in [6.07, 6.45) is 1.87. The highest BCUT2D eigenvalue weighted by molar-refractivity contribution is 6.15. The zero-order valence-electron chi connectivity index (χ0n) is 22.0. The fraction of sp³-hybridized carbons (Fsp3) is 0. The molecule has 0 bridgehead atoms. The van der Waals surface area contributed by atoms with Crippen LogP contribution in [0.15, 0.2) is 140 Å². The summed E-state index contributed by atoms with van der Waals surface area (Å²) >= 11 is 0. The Labute approximate surface area is 235 Å². The summed E-state index contributed by atoms with van der Waals surface area (Å²) in [5.41, 5.74) is 9.39. The van der Waals surface area contributed by atoms with Gasteiger partial charge in [-0.1, -0.05) is 72.8 Å². The van der Waals surface area contributed by atoms with Crippen molar-refractivity contribution in [3.05, 3.63) is 140 Å². The number of para-hydroxylation sites is 4. The van der Waals surface area contributed by atoms with E-state index < -0.39 is 0 Å². The highest BCUT2D eigenvalue weighted by Crippen LogP contribution is 2.38. The van der Waals surface area contributed by atoms with Crippen molar-refractivity contribution in [3.63, 3.8) is 0 Å². The van der Waals surface area contributed by atoms with Crippen LogP contribution in [-0.4, -0.2) is 23.7 Å². The second-order valence-corrected chi connectivity index (χ2v) is 10.4. The Bertz CT molecular complexity index is 2410. The Morgan fingerprint density at radius 2 is 1.10 bits per heavy atom. The third kappa shape index (κ3) is 3.11. The van der Waals surface area contributed by atoms with E-state index in [1.54, 1.807) is 0 Å². The van der Waals surface area contributed by atoms with Crippen LogP contribution in [0.25, 0.3) is 72.1 Å². The summed E-state index contributed by atoms with van der Waals surface area (Å²) in [7, 11) is 0. The summed E-state index contributed by atoms with van der Waals surface area (Å²) in [6.45, 7) is 0. The minimum Gasteiger partial charge on any atom is -0.308 e. The van der Waals surface area contributed by atoms with E-state index in [1.165, 1.54) is 5.39 Å². The Hall–Kier alpha value is -5.68. The number of hydrogen-bond donors (Lipinski definition) is 0. The lowest BCUT2D eigenvalue weighted by molar-refractivity contribution is 0.991. The van der Waals surface area contributed by atoms with Gasteiger partial charge in [-0.05, 0) is 60.7 Å². The molecule has 0 saturated heterocycles. The lowest BCUT2D eigenvalue weighted by atomic mass is 10.2. The van der Waals surface area contributed by atoms with Gasteiger partial charge in [0.15, 0.2) is 0 Å². The lowest BCUT2D eigenvalue weighted by Crippen LogP contribution is -2.04. The van der Waals surface area contributed by atoms with Gasteiger partial charge in [-0.25, -0.2) is 4.98 Å². The topological polar surface area (TPSA) is 40.6 Å². The SMILES string of the molecule is c1ccc(-n2c(-n3c4cccnc4c4cc5c(nc43)c3ccccc3n5-c3ccccc3)cc3ccccc32)cc1. The van der Waals surface area contributed by atoms with E-state index in [4.69, 9.17) is 9.97 Å². The number of pyridine rings is 2. The third-order valence-electron chi connectivity index (χ3n) is 8.07. The number of hydrogen-bond acceptors (Lipinski definition) is 2. The van der Waals surface area contributed by atoms with Crippen molar-refractivity contribution in [2.75, 3.05) is 0 Å². The average Bonchev–Trinajstić information content (AvgIpc) is 3.68. The first-order valence-electron chi connectivity index (χ1n) is 13.8. The maximum Gasteiger partial charge on any atom is 0.149 e. The molecule has 0 aliphatic carbocycles. The number of fused-ring (bicyclic) bond motifs is 7. The van der Waals surface area contributed by atoms with Crippen molar-refractivity contribution in [2.45, 2.75) is 0 Å². The maximum absolute atomic E-state index is 5.46. The first-order chi connectivity index (χ1) is 20.4. The van der Waals surface area contributed by atoms with Gasteiger partial charge in [-0.2, -0.15) is 0 Å². The summed E-state index contributed by atoms with van der Waals surface area (Å²) in [5, 5.41) is 3.33. The van der Waals surface area contributed by atoms with Crippen LogP contribution in [0.4, 0.5) is 0 Å². The van der Waals surface area contributed by atoms with Crippen molar-refractivity contribution >= 4 is 54.9 Å². The van der Waals surface area contributed by atoms with Crippen molar-refractivity contribution in [3.8, 4) is 17.2 Å². The minimum atomic E-state index is 0.891. The van der Waals surface area contributed by atoms with Crippen LogP contribution in [0.3, 0.4) is 0 Å². The van der Waals surface area contributed by atoms with E-state index in [0.29, 0.717) is 0 Å². The lowest BCUT2D eigenvalue weighted by Gasteiger charge is -2.13. The van der Waals surface area contributed by atoms with Crippen molar-refractivity contribution in [1.82, 2.24) is 23.7 Å². The fourth-order valence-corrected chi connectivity index (χ4v) is 6.34. The molecule has 192 valence electrons. The summed E-state index contributed by atoms with van der Waals surface area (Å²) in [6, 6.07) is 46.8. The van der Waals surface area contributed by atoms with Gasteiger partial charge < -0.3 is 4.57 Å². The van der Waals surface area contributed by atoms with Crippen LogP contribution in [0, 0.1) is 0 Å². The molecule has 0 N–H and O–H groups in total. The van der Waals surface area contributed by atoms with Crippen molar-refractivity contribution in [1.29, 1.82) is 0 Å². The first-order valence-corrected chi connectivity index (χ1v) is 13.8. The predicted octanol–water partition coefficient (Wildman–Crippen LogP) is 8.61. The molecular formula is C36H23N5. The average molecular weight is 526 g/mol. The van der Waals surface area contributed by atoms with Gasteiger partial charge in [0.05, 0.1) is 33.1 Å². The van der Waals surface area contributed by atoms with Crippen LogP contribution < -0.4 is 0 Å². The van der Waals surface area contributed by atoms with Crippen LogP contribution in [0.2, 0.25) is 0 Å². The smallest absolute Gasteiger partial charge is 0.149 e. The summed E-state index contributed by atoms with van der Waals surface area (Å²) in [5.74, 6) is 1.03. The number of nitrogens with zero attached hydrogens (tertiary/aromatic N) is 5. The van der Waals surface area contributed by atoms with Gasteiger partial charge in [0.25, 0.3) is 0 Å². The number of benzene rings is 4. The van der Waals surface area contributed by atoms with Gasteiger partial charge in [0.2, 0.25) is 0 Å². The second-order valence-electron chi connectivity index (χ2n) is 10.4. The molecule has 0 radical (unpaired) electrons. The molecule has 0 spiro atoms. The third-order valence-corrected chi connectivity index (χ3v) is 8.07. The highest BCUT2D eigenvalue weighted by atomic mass is 15.2. The molecule has 41 heavy (non-hydrogen) atoms. The van der Waals surface area contributed by atoms with Crippen LogP contribution >= 0.6 is 0 Å². The largest absolute Gasteiger partial charge is 0.308 e. The van der Waals surface area contributed by atoms with Gasteiger partial charge in [0, 0.05) is 33.7 Å². The molecule has 9 aromatic rings. The Balaban J connectivity index is 1.47. The van der Waals surface area contributed by atoms with E-state index in [0.717, 1.165) is 66.7 Å². The highest BCUT2D eigenvalue weighted by Gasteiger charge is 2.22. The Morgan fingerprint density at radius 3 is 1.90 bits per heavy atom. The van der Waals surface area contributed by atoms with Crippen molar-refractivity contribution < 1.29 is 0 Å². The van der Waals surface area contributed by atoms with E-state index in [9.17, 15) is 0 Å². The van der Waals surface area contributed by atoms with Crippen LogP contribution in [0.5, 0.6) is 0 Å². The van der Waals surface area contributed by atoms with Gasteiger partial charge in [-0.15, -0.1) is 0 Å². The molecule has 0 fully saturated rings. The number of aromatic nitrogens is 5. The van der Waals surface area contributed by atoms with Crippen LogP contribution in [-0.2, 0) is 0 Å². The first kappa shape index (κ1) is 22.2. The summed E-state index contributed by atoms with van der Waals surface area (Å²) in [4.78, 5) is 10.4. The van der Waals surface area contributed by atoms with E-state index in [-0.39, 0.29) is 0 Å². The van der Waals surface area contributed by atoms with Gasteiger partial charge >= 0.3 is 0 Å². The van der Waals surface area contributed by atoms with E-state index >= 15 is 0 Å². The zero-order valence-corrected chi connectivity index (χ0v) is 22.0. The molecule has 5 nitrogen and oxygen atoms in total. The monoisotopic (exact) mass is 525 g/mol. The standard InChI is InChI=1S/C36H23N5/c1-3-13-25(14-4-1)39-30-19-10-8-17-27(30)35-32(39)23-28-34-31(20-11-21-37-34)41(36(28)38-35)33-22-24-12-7-9-18-29(24)40(33)26-15-5-2-6-16-26/h1-23H.